The third-order valence-corrected chi connectivity index (χ3v) is 4.03. The van der Waals surface area contributed by atoms with Gasteiger partial charge in [0, 0.05) is 6.42 Å². The van der Waals surface area contributed by atoms with E-state index in [4.69, 9.17) is 9.84 Å². The maximum atomic E-state index is 12.5. The van der Waals surface area contributed by atoms with Gasteiger partial charge in [0.05, 0.1) is 0 Å². The van der Waals surface area contributed by atoms with Crippen LogP contribution in [0, 0.1) is 5.92 Å². The van der Waals surface area contributed by atoms with Crippen LogP contribution in [0.3, 0.4) is 0 Å². The molecule has 9 nitrogen and oxygen atoms in total. The fraction of sp³-hybridized carbons (Fsp3) is 0.500. The predicted octanol–water partition coefficient (Wildman–Crippen LogP) is 2.15. The number of rotatable bonds is 12. The third-order valence-electron chi connectivity index (χ3n) is 4.03. The molecular formula is C20H28N2O7. The second kappa shape index (κ2) is 12.4. The number of carbonyl (C=O) groups is 4. The van der Waals surface area contributed by atoms with Gasteiger partial charge < -0.3 is 25.6 Å². The minimum absolute atomic E-state index is 0.0276. The fourth-order valence-corrected chi connectivity index (χ4v) is 2.60. The Morgan fingerprint density at radius 3 is 2.21 bits per heavy atom. The van der Waals surface area contributed by atoms with Crippen molar-refractivity contribution in [3.63, 3.8) is 0 Å². The number of hydrogen-bond donors (Lipinski definition) is 4. The molecule has 0 aromatic heterocycles. The van der Waals surface area contributed by atoms with Gasteiger partial charge in [-0.25, -0.2) is 9.59 Å². The van der Waals surface area contributed by atoms with Gasteiger partial charge in [0.1, 0.15) is 18.7 Å². The van der Waals surface area contributed by atoms with E-state index in [-0.39, 0.29) is 38.2 Å². The van der Waals surface area contributed by atoms with Gasteiger partial charge in [-0.3, -0.25) is 9.59 Å². The van der Waals surface area contributed by atoms with E-state index in [0.29, 0.717) is 0 Å². The summed E-state index contributed by atoms with van der Waals surface area (Å²) < 4.78 is 5.12. The molecule has 0 aliphatic heterocycles. The molecule has 160 valence electrons. The third kappa shape index (κ3) is 10.1. The molecule has 1 aromatic rings. The highest BCUT2D eigenvalue weighted by atomic mass is 16.5. The standard InChI is InChI=1S/C20H28N2O7/c1-13(2)11-16(22-20(28)29-12-14-7-4-3-5-8-14)18(25)21-15(19(26)27)9-6-10-17(23)24/h3-5,7-8,13,15-16H,6,9-12H2,1-2H3,(H,21,25)(H,22,28)(H,23,24)(H,26,27)/t15-,16-/m0/s1. The molecule has 0 aliphatic carbocycles. The van der Waals surface area contributed by atoms with Crippen molar-refractivity contribution in [1.82, 2.24) is 10.6 Å². The molecule has 9 heteroatoms. The first-order valence-corrected chi connectivity index (χ1v) is 9.41. The van der Waals surface area contributed by atoms with Crippen LogP contribution in [0.5, 0.6) is 0 Å². The van der Waals surface area contributed by atoms with Crippen LogP contribution >= 0.6 is 0 Å². The summed E-state index contributed by atoms with van der Waals surface area (Å²) in [7, 11) is 0. The van der Waals surface area contributed by atoms with Crippen LogP contribution in [0.2, 0.25) is 0 Å². The van der Waals surface area contributed by atoms with Crippen molar-refractivity contribution in [2.45, 2.75) is 58.2 Å². The molecule has 1 rings (SSSR count). The number of amides is 2. The lowest BCUT2D eigenvalue weighted by Gasteiger charge is -2.22. The average Bonchev–Trinajstić information content (AvgIpc) is 2.65. The van der Waals surface area contributed by atoms with Crippen LogP contribution in [0.25, 0.3) is 0 Å². The SMILES string of the molecule is CC(C)C[C@H](NC(=O)OCc1ccccc1)C(=O)N[C@@H](CCCC(=O)O)C(=O)O. The molecular weight excluding hydrogens is 380 g/mol. The van der Waals surface area contributed by atoms with Crippen LogP contribution < -0.4 is 10.6 Å². The van der Waals surface area contributed by atoms with Crippen molar-refractivity contribution >= 4 is 23.9 Å². The normalized spacial score (nSPS) is 12.7. The first-order valence-electron chi connectivity index (χ1n) is 9.41. The highest BCUT2D eigenvalue weighted by Crippen LogP contribution is 2.08. The molecule has 0 heterocycles. The number of carboxylic acids is 2. The zero-order valence-corrected chi connectivity index (χ0v) is 16.6. The molecule has 2 atom stereocenters. The van der Waals surface area contributed by atoms with Crippen molar-refractivity contribution in [3.8, 4) is 0 Å². The first kappa shape index (κ1) is 23.9. The van der Waals surface area contributed by atoms with Gasteiger partial charge in [-0.2, -0.15) is 0 Å². The molecule has 0 aliphatic rings. The van der Waals surface area contributed by atoms with Gasteiger partial charge >= 0.3 is 18.0 Å². The fourth-order valence-electron chi connectivity index (χ4n) is 2.60. The number of nitrogens with one attached hydrogen (secondary N) is 2. The zero-order chi connectivity index (χ0) is 21.8. The Hall–Kier alpha value is -3.10. The lowest BCUT2D eigenvalue weighted by molar-refractivity contribution is -0.143. The molecule has 2 amide bonds. The Morgan fingerprint density at radius 2 is 1.66 bits per heavy atom. The lowest BCUT2D eigenvalue weighted by atomic mass is 10.0. The summed E-state index contributed by atoms with van der Waals surface area (Å²) in [5.74, 6) is -2.91. The van der Waals surface area contributed by atoms with Crippen LogP contribution in [-0.2, 0) is 25.7 Å². The quantitative estimate of drug-likeness (QED) is 0.415. The Labute approximate surface area is 169 Å². The van der Waals surface area contributed by atoms with Crippen molar-refractivity contribution in [1.29, 1.82) is 0 Å². The monoisotopic (exact) mass is 408 g/mol. The van der Waals surface area contributed by atoms with E-state index in [1.165, 1.54) is 0 Å². The van der Waals surface area contributed by atoms with Crippen LogP contribution in [0.1, 0.15) is 45.1 Å². The molecule has 0 unspecified atom stereocenters. The minimum atomic E-state index is -1.27. The Bertz CT molecular complexity index is 691. The highest BCUT2D eigenvalue weighted by molar-refractivity contribution is 5.89. The minimum Gasteiger partial charge on any atom is -0.481 e. The number of aliphatic carboxylic acids is 2. The smallest absolute Gasteiger partial charge is 0.408 e. The highest BCUT2D eigenvalue weighted by Gasteiger charge is 2.27. The second-order valence-corrected chi connectivity index (χ2v) is 7.07. The number of carbonyl (C=O) groups excluding carboxylic acids is 2. The topological polar surface area (TPSA) is 142 Å². The average molecular weight is 408 g/mol. The van der Waals surface area contributed by atoms with Gasteiger partial charge in [0.15, 0.2) is 0 Å². The summed E-state index contributed by atoms with van der Waals surface area (Å²) in [5.41, 5.74) is 0.789. The van der Waals surface area contributed by atoms with Gasteiger partial charge in [-0.15, -0.1) is 0 Å². The number of hydrogen-bond acceptors (Lipinski definition) is 5. The van der Waals surface area contributed by atoms with Crippen LogP contribution in [0.4, 0.5) is 4.79 Å². The van der Waals surface area contributed by atoms with E-state index in [2.05, 4.69) is 10.6 Å². The van der Waals surface area contributed by atoms with E-state index in [1.54, 1.807) is 12.1 Å². The van der Waals surface area contributed by atoms with Crippen LogP contribution in [0.15, 0.2) is 30.3 Å². The molecule has 0 fully saturated rings. The maximum absolute atomic E-state index is 12.5. The molecule has 4 N–H and O–H groups in total. The molecule has 0 saturated carbocycles. The Morgan fingerprint density at radius 1 is 1.00 bits per heavy atom. The van der Waals surface area contributed by atoms with Gasteiger partial charge in [0.25, 0.3) is 0 Å². The van der Waals surface area contributed by atoms with Crippen molar-refractivity contribution in [3.05, 3.63) is 35.9 Å². The van der Waals surface area contributed by atoms with Gasteiger partial charge in [-0.05, 0) is 30.7 Å². The zero-order valence-electron chi connectivity index (χ0n) is 16.6. The number of benzene rings is 1. The number of alkyl carbamates (subject to hydrolysis) is 1. The van der Waals surface area contributed by atoms with E-state index in [9.17, 15) is 24.3 Å². The van der Waals surface area contributed by atoms with E-state index in [0.717, 1.165) is 5.56 Å². The van der Waals surface area contributed by atoms with Gasteiger partial charge in [-0.1, -0.05) is 44.2 Å². The number of carboxylic acid groups (broad SMARTS) is 2. The summed E-state index contributed by atoms with van der Waals surface area (Å²) in [6.45, 7) is 3.76. The molecule has 0 spiro atoms. The Balaban J connectivity index is 2.66. The largest absolute Gasteiger partial charge is 0.481 e. The summed E-state index contributed by atoms with van der Waals surface area (Å²) in [5, 5.41) is 22.8. The lowest BCUT2D eigenvalue weighted by Crippen LogP contribution is -2.52. The Kier molecular flexibility index (Phi) is 10.2. The summed E-state index contributed by atoms with van der Waals surface area (Å²) in [4.78, 5) is 46.6. The van der Waals surface area contributed by atoms with Crippen molar-refractivity contribution in [2.24, 2.45) is 5.92 Å². The number of ether oxygens (including phenoxy) is 1. The summed E-state index contributed by atoms with van der Waals surface area (Å²) >= 11 is 0. The summed E-state index contributed by atoms with van der Waals surface area (Å²) in [6, 6.07) is 6.82. The summed E-state index contributed by atoms with van der Waals surface area (Å²) in [6.07, 6.45) is -0.617. The van der Waals surface area contributed by atoms with E-state index < -0.39 is 36.0 Å². The predicted molar refractivity (Wildman–Crippen MR) is 104 cm³/mol. The molecule has 0 saturated heterocycles. The first-order chi connectivity index (χ1) is 13.7. The molecule has 0 radical (unpaired) electrons. The second-order valence-electron chi connectivity index (χ2n) is 7.07. The molecule has 1 aromatic carbocycles. The van der Waals surface area contributed by atoms with E-state index in [1.807, 2.05) is 32.0 Å². The van der Waals surface area contributed by atoms with Gasteiger partial charge in [0.2, 0.25) is 5.91 Å². The molecule has 0 bridgehead atoms. The van der Waals surface area contributed by atoms with Crippen LogP contribution in [-0.4, -0.2) is 46.2 Å². The van der Waals surface area contributed by atoms with Crippen molar-refractivity contribution in [2.75, 3.05) is 0 Å². The van der Waals surface area contributed by atoms with Crippen molar-refractivity contribution < 1.29 is 34.1 Å². The van der Waals surface area contributed by atoms with E-state index >= 15 is 0 Å². The molecule has 29 heavy (non-hydrogen) atoms. The maximum Gasteiger partial charge on any atom is 0.408 e.